The van der Waals surface area contributed by atoms with Crippen LogP contribution in [0.3, 0.4) is 0 Å². The lowest BCUT2D eigenvalue weighted by Crippen LogP contribution is -2.36. The topological polar surface area (TPSA) is 58.9 Å². The molecule has 3 heterocycles. The Hall–Kier alpha value is -2.57. The van der Waals surface area contributed by atoms with Gasteiger partial charge in [0.05, 0.1) is 13.2 Å². The third-order valence-electron chi connectivity index (χ3n) is 4.47. The number of pyridine rings is 1. The molecule has 1 aliphatic heterocycles. The molecule has 1 fully saturated rings. The van der Waals surface area contributed by atoms with Gasteiger partial charge in [-0.2, -0.15) is 0 Å². The first kappa shape index (κ1) is 16.9. The zero-order valence-electron chi connectivity index (χ0n) is 14.2. The van der Waals surface area contributed by atoms with E-state index in [0.29, 0.717) is 17.9 Å². The number of halogens is 1. The van der Waals surface area contributed by atoms with Gasteiger partial charge in [-0.3, -0.25) is 9.20 Å². The maximum absolute atomic E-state index is 12.5. The highest BCUT2D eigenvalue weighted by Gasteiger charge is 2.17. The molecule has 0 atom stereocenters. The highest BCUT2D eigenvalue weighted by molar-refractivity contribution is 6.32. The molecule has 1 aliphatic rings. The molecule has 2 aromatic heterocycles. The Morgan fingerprint density at radius 1 is 1.15 bits per heavy atom. The molecule has 0 aliphatic carbocycles. The number of ether oxygens (including phenoxy) is 1. The Labute approximate surface area is 156 Å². The van der Waals surface area contributed by atoms with E-state index in [1.807, 2.05) is 30.3 Å². The number of imidazole rings is 1. The van der Waals surface area contributed by atoms with Gasteiger partial charge in [-0.05, 0) is 29.8 Å². The van der Waals surface area contributed by atoms with Gasteiger partial charge in [-0.25, -0.2) is 4.98 Å². The second-order valence-electron chi connectivity index (χ2n) is 6.13. The van der Waals surface area contributed by atoms with Gasteiger partial charge in [-0.1, -0.05) is 29.8 Å². The molecule has 3 aromatic rings. The normalized spacial score (nSPS) is 14.6. The van der Waals surface area contributed by atoms with Crippen molar-refractivity contribution < 1.29 is 9.53 Å². The largest absolute Gasteiger partial charge is 0.378 e. The molecule has 1 amide bonds. The molecule has 26 heavy (non-hydrogen) atoms. The Morgan fingerprint density at radius 2 is 1.92 bits per heavy atom. The summed E-state index contributed by atoms with van der Waals surface area (Å²) in [6.07, 6.45) is 1.78. The summed E-state index contributed by atoms with van der Waals surface area (Å²) in [6, 6.07) is 13.7. The number of anilines is 1. The number of fused-ring (bicyclic) bond motifs is 1. The monoisotopic (exact) mass is 370 g/mol. The molecule has 1 saturated heterocycles. The van der Waals surface area contributed by atoms with Gasteiger partial charge in [0, 0.05) is 31.5 Å². The van der Waals surface area contributed by atoms with E-state index in [4.69, 9.17) is 16.3 Å². The third-order valence-corrected chi connectivity index (χ3v) is 4.73. The number of carbonyl (C=O) groups excluding carboxylic acids is 1. The van der Waals surface area contributed by atoms with E-state index in [0.717, 1.165) is 31.9 Å². The molecule has 6 nitrogen and oxygen atoms in total. The SMILES string of the molecule is O=C(NCc1ccc(N2CCOCC2)cc1)c1c(Cl)nc2ccccn12. The molecular weight excluding hydrogens is 352 g/mol. The van der Waals surface area contributed by atoms with Crippen LogP contribution in [0.4, 0.5) is 5.69 Å². The number of rotatable bonds is 4. The maximum Gasteiger partial charge on any atom is 0.271 e. The summed E-state index contributed by atoms with van der Waals surface area (Å²) in [5.41, 5.74) is 3.21. The quantitative estimate of drug-likeness (QED) is 0.767. The van der Waals surface area contributed by atoms with E-state index in [1.165, 1.54) is 5.69 Å². The van der Waals surface area contributed by atoms with Crippen molar-refractivity contribution in [1.29, 1.82) is 0 Å². The zero-order valence-corrected chi connectivity index (χ0v) is 14.9. The fraction of sp³-hybridized carbons (Fsp3) is 0.263. The zero-order chi connectivity index (χ0) is 17.9. The molecule has 0 spiro atoms. The Bertz CT molecular complexity index is 917. The number of nitrogens with zero attached hydrogens (tertiary/aromatic N) is 3. The summed E-state index contributed by atoms with van der Waals surface area (Å²) in [6.45, 7) is 3.76. The summed E-state index contributed by atoms with van der Waals surface area (Å²) in [5, 5.41) is 3.12. The van der Waals surface area contributed by atoms with Crippen LogP contribution in [0.25, 0.3) is 5.65 Å². The number of aromatic nitrogens is 2. The van der Waals surface area contributed by atoms with Crippen molar-refractivity contribution in [1.82, 2.24) is 14.7 Å². The summed E-state index contributed by atoms with van der Waals surface area (Å²) >= 11 is 6.14. The van der Waals surface area contributed by atoms with Gasteiger partial charge in [0.1, 0.15) is 5.65 Å². The predicted molar refractivity (Wildman–Crippen MR) is 101 cm³/mol. The van der Waals surface area contributed by atoms with Crippen molar-refractivity contribution >= 4 is 28.8 Å². The van der Waals surface area contributed by atoms with E-state index in [2.05, 4.69) is 27.3 Å². The minimum atomic E-state index is -0.244. The highest BCUT2D eigenvalue weighted by Crippen LogP contribution is 2.19. The summed E-state index contributed by atoms with van der Waals surface area (Å²) in [4.78, 5) is 19.0. The third kappa shape index (κ3) is 3.38. The first-order valence-corrected chi connectivity index (χ1v) is 8.92. The van der Waals surface area contributed by atoms with Crippen LogP contribution < -0.4 is 10.2 Å². The lowest BCUT2D eigenvalue weighted by Gasteiger charge is -2.28. The van der Waals surface area contributed by atoms with Crippen molar-refractivity contribution in [2.45, 2.75) is 6.54 Å². The van der Waals surface area contributed by atoms with Gasteiger partial charge in [0.2, 0.25) is 0 Å². The van der Waals surface area contributed by atoms with Crippen LogP contribution in [0.5, 0.6) is 0 Å². The van der Waals surface area contributed by atoms with Crippen LogP contribution in [0.15, 0.2) is 48.7 Å². The first-order valence-electron chi connectivity index (χ1n) is 8.55. The highest BCUT2D eigenvalue weighted by atomic mass is 35.5. The average Bonchev–Trinajstić information content (AvgIpc) is 3.03. The second kappa shape index (κ2) is 7.35. The van der Waals surface area contributed by atoms with Crippen LogP contribution in [-0.2, 0) is 11.3 Å². The van der Waals surface area contributed by atoms with Gasteiger partial charge in [0.25, 0.3) is 5.91 Å². The van der Waals surface area contributed by atoms with Gasteiger partial charge >= 0.3 is 0 Å². The van der Waals surface area contributed by atoms with E-state index in [1.54, 1.807) is 10.6 Å². The van der Waals surface area contributed by atoms with Crippen molar-refractivity contribution in [3.8, 4) is 0 Å². The number of morpholine rings is 1. The Balaban J connectivity index is 1.43. The van der Waals surface area contributed by atoms with Gasteiger partial charge in [-0.15, -0.1) is 0 Å². The molecule has 0 unspecified atom stereocenters. The fourth-order valence-corrected chi connectivity index (χ4v) is 3.35. The molecule has 0 bridgehead atoms. The average molecular weight is 371 g/mol. The van der Waals surface area contributed by atoms with Crippen molar-refractivity contribution in [3.05, 3.63) is 65.1 Å². The number of carbonyl (C=O) groups is 1. The van der Waals surface area contributed by atoms with Crippen LogP contribution >= 0.6 is 11.6 Å². The van der Waals surface area contributed by atoms with Crippen LogP contribution in [-0.4, -0.2) is 41.6 Å². The minimum Gasteiger partial charge on any atom is -0.378 e. The van der Waals surface area contributed by atoms with Crippen LogP contribution in [0, 0.1) is 0 Å². The van der Waals surface area contributed by atoms with Crippen molar-refractivity contribution in [3.63, 3.8) is 0 Å². The molecule has 0 radical (unpaired) electrons. The number of hydrogen-bond donors (Lipinski definition) is 1. The number of amides is 1. The van der Waals surface area contributed by atoms with E-state index >= 15 is 0 Å². The Morgan fingerprint density at radius 3 is 2.69 bits per heavy atom. The van der Waals surface area contributed by atoms with E-state index < -0.39 is 0 Å². The van der Waals surface area contributed by atoms with E-state index in [-0.39, 0.29) is 11.1 Å². The number of hydrogen-bond acceptors (Lipinski definition) is 4. The molecule has 1 aromatic carbocycles. The Kier molecular flexibility index (Phi) is 4.77. The molecule has 7 heteroatoms. The van der Waals surface area contributed by atoms with Crippen molar-refractivity contribution in [2.24, 2.45) is 0 Å². The standard InChI is InChI=1S/C19H19ClN4O2/c20-18-17(24-8-2-1-3-16(24)22-18)19(25)21-13-14-4-6-15(7-5-14)23-9-11-26-12-10-23/h1-8H,9-13H2,(H,21,25). The summed E-state index contributed by atoms with van der Waals surface area (Å²) < 4.78 is 7.07. The summed E-state index contributed by atoms with van der Waals surface area (Å²) in [5.74, 6) is -0.244. The fourth-order valence-electron chi connectivity index (χ4n) is 3.08. The number of benzene rings is 1. The molecular formula is C19H19ClN4O2. The second-order valence-corrected chi connectivity index (χ2v) is 6.49. The molecule has 4 rings (SSSR count). The first-order chi connectivity index (χ1) is 12.7. The van der Waals surface area contributed by atoms with Crippen LogP contribution in [0.1, 0.15) is 16.1 Å². The molecule has 1 N–H and O–H groups in total. The molecule has 0 saturated carbocycles. The minimum absolute atomic E-state index is 0.205. The maximum atomic E-state index is 12.5. The smallest absolute Gasteiger partial charge is 0.271 e. The van der Waals surface area contributed by atoms with Gasteiger partial charge in [0.15, 0.2) is 10.8 Å². The van der Waals surface area contributed by atoms with E-state index in [9.17, 15) is 4.79 Å². The molecule has 134 valence electrons. The lowest BCUT2D eigenvalue weighted by atomic mass is 10.2. The lowest BCUT2D eigenvalue weighted by molar-refractivity contribution is 0.0945. The van der Waals surface area contributed by atoms with Gasteiger partial charge < -0.3 is 15.0 Å². The van der Waals surface area contributed by atoms with Crippen molar-refractivity contribution in [2.75, 3.05) is 31.2 Å². The summed E-state index contributed by atoms with van der Waals surface area (Å²) in [7, 11) is 0. The van der Waals surface area contributed by atoms with Crippen LogP contribution in [0.2, 0.25) is 5.15 Å². The predicted octanol–water partition coefficient (Wildman–Crippen LogP) is 2.75. The number of nitrogens with one attached hydrogen (secondary N) is 1.